The normalized spacial score (nSPS) is 13.2. The topological polar surface area (TPSA) is 51.5 Å². The van der Waals surface area contributed by atoms with Crippen LogP contribution in [-0.4, -0.2) is 15.6 Å². The monoisotopic (exact) mass is 447 g/mol. The Bertz CT molecular complexity index is 859. The smallest absolute Gasteiger partial charge is 0.352 e. The minimum absolute atomic E-state index is 0.308. The number of carboxylic acids is 1. The quantitative estimate of drug-likeness (QED) is 0.550. The Hall–Kier alpha value is -2.28. The Kier molecular flexibility index (Phi) is 5.13. The second-order valence-corrected chi connectivity index (χ2v) is 6.90. The number of carbonyl (C=O) groups is 1. The van der Waals surface area contributed by atoms with Crippen molar-refractivity contribution in [2.45, 2.75) is 18.9 Å². The van der Waals surface area contributed by atoms with Gasteiger partial charge in [-0.25, -0.2) is 4.79 Å². The van der Waals surface area contributed by atoms with Crippen molar-refractivity contribution in [1.29, 1.82) is 0 Å². The minimum Gasteiger partial charge on any atom is -0.478 e. The highest BCUT2D eigenvalue weighted by molar-refractivity contribution is 14.1. The molecule has 0 bridgehead atoms. The third-order valence-corrected chi connectivity index (χ3v) is 4.91. The van der Waals surface area contributed by atoms with Crippen LogP contribution in [0.4, 0.5) is 0 Å². The zero-order valence-corrected chi connectivity index (χ0v) is 15.9. The first-order chi connectivity index (χ1) is 12.1. The van der Waals surface area contributed by atoms with Crippen LogP contribution in [0.5, 0.6) is 5.75 Å². The number of para-hydroxylation sites is 2. The molecule has 1 N–H and O–H groups in total. The fourth-order valence-corrected chi connectivity index (χ4v) is 3.17. The van der Waals surface area contributed by atoms with Gasteiger partial charge in [0.25, 0.3) is 0 Å². The summed E-state index contributed by atoms with van der Waals surface area (Å²) in [6, 6.07) is 18.7. The lowest BCUT2D eigenvalue weighted by atomic mass is 9.90. The molecule has 0 aliphatic heterocycles. The van der Waals surface area contributed by atoms with Crippen LogP contribution in [0.25, 0.3) is 5.69 Å². The molecule has 1 atom stereocenters. The number of hydrogen-bond acceptors (Lipinski definition) is 2. The summed E-state index contributed by atoms with van der Waals surface area (Å²) >= 11 is 2.20. The van der Waals surface area contributed by atoms with E-state index in [1.807, 2.05) is 78.5 Å². The van der Waals surface area contributed by atoms with E-state index in [1.165, 1.54) is 0 Å². The van der Waals surface area contributed by atoms with E-state index in [9.17, 15) is 9.90 Å². The molecule has 0 spiro atoms. The summed E-state index contributed by atoms with van der Waals surface area (Å²) in [5.41, 5.74) is -0.00421. The van der Waals surface area contributed by atoms with Gasteiger partial charge in [-0.05, 0) is 65.4 Å². The van der Waals surface area contributed by atoms with E-state index < -0.39 is 11.6 Å². The molecule has 1 aromatic heterocycles. The first-order valence-electron chi connectivity index (χ1n) is 7.97. The summed E-state index contributed by atoms with van der Waals surface area (Å²) < 4.78 is 9.12. The molecule has 0 amide bonds. The van der Waals surface area contributed by atoms with E-state index in [1.54, 1.807) is 6.07 Å². The molecule has 25 heavy (non-hydrogen) atoms. The van der Waals surface area contributed by atoms with Crippen LogP contribution in [0.15, 0.2) is 73.1 Å². The second kappa shape index (κ2) is 7.31. The molecule has 3 aromatic rings. The standard InChI is InChI=1S/C20H18INO3/c1-2-20(19(23)24,15-9-11-16(21)12-10-15)25-18-8-4-3-7-17(18)22-13-5-6-14-22/h3-14H,2H2,1H3,(H,23,24). The van der Waals surface area contributed by atoms with Gasteiger partial charge in [-0.15, -0.1) is 0 Å². The van der Waals surface area contributed by atoms with Gasteiger partial charge < -0.3 is 14.4 Å². The Morgan fingerprint density at radius 2 is 1.72 bits per heavy atom. The fourth-order valence-electron chi connectivity index (χ4n) is 2.81. The summed E-state index contributed by atoms with van der Waals surface area (Å²) in [7, 11) is 0. The largest absolute Gasteiger partial charge is 0.478 e. The molecule has 3 rings (SSSR count). The number of hydrogen-bond donors (Lipinski definition) is 1. The van der Waals surface area contributed by atoms with Crippen molar-refractivity contribution in [1.82, 2.24) is 4.57 Å². The third kappa shape index (κ3) is 3.42. The minimum atomic E-state index is -1.44. The average Bonchev–Trinajstić information content (AvgIpc) is 3.15. The molecule has 0 saturated carbocycles. The number of aliphatic carboxylic acids is 1. The molecule has 1 heterocycles. The number of rotatable bonds is 6. The highest BCUT2D eigenvalue weighted by atomic mass is 127. The number of nitrogens with zero attached hydrogens (tertiary/aromatic N) is 1. The molecule has 0 aliphatic carbocycles. The molecule has 4 nitrogen and oxygen atoms in total. The van der Waals surface area contributed by atoms with E-state index in [4.69, 9.17) is 4.74 Å². The van der Waals surface area contributed by atoms with E-state index in [2.05, 4.69) is 22.6 Å². The highest BCUT2D eigenvalue weighted by Crippen LogP contribution is 2.35. The molecule has 1 unspecified atom stereocenters. The van der Waals surface area contributed by atoms with Gasteiger partial charge in [0.1, 0.15) is 5.75 Å². The first-order valence-corrected chi connectivity index (χ1v) is 9.05. The van der Waals surface area contributed by atoms with Gasteiger partial charge in [0.2, 0.25) is 5.60 Å². The van der Waals surface area contributed by atoms with Crippen LogP contribution in [0.2, 0.25) is 0 Å². The fraction of sp³-hybridized carbons (Fsp3) is 0.150. The molecule has 0 aliphatic rings. The van der Waals surface area contributed by atoms with Crippen LogP contribution >= 0.6 is 22.6 Å². The molecular weight excluding hydrogens is 429 g/mol. The van der Waals surface area contributed by atoms with E-state index in [0.29, 0.717) is 17.7 Å². The average molecular weight is 447 g/mol. The summed E-state index contributed by atoms with van der Waals surface area (Å²) in [4.78, 5) is 12.2. The molecule has 5 heteroatoms. The van der Waals surface area contributed by atoms with Gasteiger partial charge in [0.05, 0.1) is 5.69 Å². The number of carboxylic acid groups (broad SMARTS) is 1. The number of benzene rings is 2. The zero-order valence-electron chi connectivity index (χ0n) is 13.7. The third-order valence-electron chi connectivity index (χ3n) is 4.19. The van der Waals surface area contributed by atoms with E-state index in [0.717, 1.165) is 9.26 Å². The van der Waals surface area contributed by atoms with Crippen molar-refractivity contribution in [2.75, 3.05) is 0 Å². The maximum Gasteiger partial charge on any atom is 0.352 e. The highest BCUT2D eigenvalue weighted by Gasteiger charge is 2.42. The molecule has 0 radical (unpaired) electrons. The molecule has 2 aromatic carbocycles. The molecule has 0 saturated heterocycles. The second-order valence-electron chi connectivity index (χ2n) is 5.65. The number of aromatic nitrogens is 1. The lowest BCUT2D eigenvalue weighted by Gasteiger charge is -2.31. The van der Waals surface area contributed by atoms with Gasteiger partial charge in [-0.1, -0.05) is 31.2 Å². The Balaban J connectivity index is 2.09. The summed E-state index contributed by atoms with van der Waals surface area (Å²) in [5, 5.41) is 10.00. The Morgan fingerprint density at radius 1 is 1.08 bits per heavy atom. The SMILES string of the molecule is CCC(Oc1ccccc1-n1cccc1)(C(=O)O)c1ccc(I)cc1. The van der Waals surface area contributed by atoms with Gasteiger partial charge in [-0.3, -0.25) is 0 Å². The van der Waals surface area contributed by atoms with Crippen molar-refractivity contribution < 1.29 is 14.6 Å². The van der Waals surface area contributed by atoms with Crippen LogP contribution in [0.1, 0.15) is 18.9 Å². The van der Waals surface area contributed by atoms with Gasteiger partial charge in [0, 0.05) is 21.5 Å². The Morgan fingerprint density at radius 3 is 2.32 bits per heavy atom. The van der Waals surface area contributed by atoms with Crippen molar-refractivity contribution in [3.05, 3.63) is 82.2 Å². The first kappa shape index (κ1) is 17.5. The van der Waals surface area contributed by atoms with Gasteiger partial charge >= 0.3 is 5.97 Å². The maximum atomic E-state index is 12.2. The van der Waals surface area contributed by atoms with Crippen molar-refractivity contribution in [3.8, 4) is 11.4 Å². The maximum absolute atomic E-state index is 12.2. The summed E-state index contributed by atoms with van der Waals surface area (Å²) in [6.07, 6.45) is 4.12. The van der Waals surface area contributed by atoms with E-state index >= 15 is 0 Å². The lowest BCUT2D eigenvalue weighted by Crippen LogP contribution is -2.41. The summed E-state index contributed by atoms with van der Waals surface area (Å²) in [5.74, 6) is -0.472. The van der Waals surface area contributed by atoms with Gasteiger partial charge in [0.15, 0.2) is 0 Å². The predicted molar refractivity (Wildman–Crippen MR) is 105 cm³/mol. The van der Waals surface area contributed by atoms with Crippen molar-refractivity contribution in [3.63, 3.8) is 0 Å². The van der Waals surface area contributed by atoms with Crippen LogP contribution < -0.4 is 4.74 Å². The van der Waals surface area contributed by atoms with Crippen LogP contribution in [0.3, 0.4) is 0 Å². The lowest BCUT2D eigenvalue weighted by molar-refractivity contribution is -0.156. The molecule has 0 fully saturated rings. The van der Waals surface area contributed by atoms with Crippen molar-refractivity contribution in [2.24, 2.45) is 0 Å². The Labute approximate surface area is 160 Å². The van der Waals surface area contributed by atoms with Gasteiger partial charge in [-0.2, -0.15) is 0 Å². The zero-order chi connectivity index (χ0) is 17.9. The number of ether oxygens (including phenoxy) is 1. The van der Waals surface area contributed by atoms with Crippen LogP contribution in [-0.2, 0) is 10.4 Å². The number of halogens is 1. The molecular formula is C20H18INO3. The van der Waals surface area contributed by atoms with Crippen molar-refractivity contribution >= 4 is 28.6 Å². The summed E-state index contributed by atoms with van der Waals surface area (Å²) in [6.45, 7) is 1.82. The van der Waals surface area contributed by atoms with Crippen LogP contribution in [0, 0.1) is 3.57 Å². The predicted octanol–water partition coefficient (Wildman–Crippen LogP) is 4.85. The molecule has 128 valence electrons. The van der Waals surface area contributed by atoms with E-state index in [-0.39, 0.29) is 0 Å².